The molecular formula is C17H29IN6. The zero-order chi connectivity index (χ0) is 16.7. The molecule has 2 aromatic heterocycles. The summed E-state index contributed by atoms with van der Waals surface area (Å²) in [6.45, 7) is 7.26. The van der Waals surface area contributed by atoms with E-state index in [9.17, 15) is 0 Å². The van der Waals surface area contributed by atoms with Gasteiger partial charge in [0, 0.05) is 25.2 Å². The van der Waals surface area contributed by atoms with Gasteiger partial charge < -0.3 is 11.1 Å². The number of fused-ring (bicyclic) bond motifs is 1. The van der Waals surface area contributed by atoms with Crippen molar-refractivity contribution < 1.29 is 0 Å². The van der Waals surface area contributed by atoms with Crippen LogP contribution in [0.15, 0.2) is 29.4 Å². The second-order valence-electron chi connectivity index (χ2n) is 6.43. The first-order valence-corrected chi connectivity index (χ1v) is 8.41. The number of aromatic nitrogens is 3. The highest BCUT2D eigenvalue weighted by Crippen LogP contribution is 2.08. The molecule has 24 heavy (non-hydrogen) atoms. The van der Waals surface area contributed by atoms with Crippen molar-refractivity contribution in [1.82, 2.24) is 19.9 Å². The van der Waals surface area contributed by atoms with Gasteiger partial charge in [0.15, 0.2) is 11.6 Å². The molecule has 0 saturated carbocycles. The van der Waals surface area contributed by atoms with E-state index in [2.05, 4.69) is 41.3 Å². The summed E-state index contributed by atoms with van der Waals surface area (Å²) in [6.07, 6.45) is 6.26. The van der Waals surface area contributed by atoms with Crippen molar-refractivity contribution in [3.8, 4) is 0 Å². The molecule has 134 valence electrons. The molecule has 1 unspecified atom stereocenters. The Labute approximate surface area is 161 Å². The summed E-state index contributed by atoms with van der Waals surface area (Å²) in [4.78, 5) is 4.39. The highest BCUT2D eigenvalue weighted by Gasteiger charge is 2.05. The topological polar surface area (TPSA) is 80.6 Å². The lowest BCUT2D eigenvalue weighted by Gasteiger charge is -2.15. The fourth-order valence-electron chi connectivity index (χ4n) is 2.54. The minimum absolute atomic E-state index is 0. The average molecular weight is 444 g/mol. The van der Waals surface area contributed by atoms with E-state index in [0.29, 0.717) is 18.5 Å². The van der Waals surface area contributed by atoms with Crippen LogP contribution >= 0.6 is 24.0 Å². The van der Waals surface area contributed by atoms with E-state index < -0.39 is 0 Å². The SMILES string of the molecule is CC(C)CCCC(C)NC(N)=NCCc1nnc2ccccn12.I. The fourth-order valence-corrected chi connectivity index (χ4v) is 2.54. The van der Waals surface area contributed by atoms with Crippen molar-refractivity contribution in [1.29, 1.82) is 0 Å². The van der Waals surface area contributed by atoms with Gasteiger partial charge in [-0.1, -0.05) is 32.8 Å². The molecule has 0 aliphatic heterocycles. The quantitative estimate of drug-likeness (QED) is 0.373. The Morgan fingerprint density at radius 3 is 2.79 bits per heavy atom. The molecule has 0 spiro atoms. The monoisotopic (exact) mass is 444 g/mol. The van der Waals surface area contributed by atoms with Gasteiger partial charge in [0.25, 0.3) is 0 Å². The van der Waals surface area contributed by atoms with Crippen LogP contribution in [0.1, 0.15) is 45.9 Å². The number of nitrogens with one attached hydrogen (secondary N) is 1. The van der Waals surface area contributed by atoms with Gasteiger partial charge in [-0.2, -0.15) is 0 Å². The molecule has 2 heterocycles. The van der Waals surface area contributed by atoms with E-state index in [1.807, 2.05) is 28.8 Å². The summed E-state index contributed by atoms with van der Waals surface area (Å²) >= 11 is 0. The number of halogens is 1. The van der Waals surface area contributed by atoms with E-state index in [1.54, 1.807) is 0 Å². The van der Waals surface area contributed by atoms with Crippen LogP contribution in [0.25, 0.3) is 5.65 Å². The third kappa shape index (κ3) is 6.62. The number of hydrogen-bond acceptors (Lipinski definition) is 3. The standard InChI is InChI=1S/C17H28N6.HI/c1-13(2)7-6-8-14(3)20-17(18)19-11-10-16-22-21-15-9-4-5-12-23(15)16;/h4-5,9,12-14H,6-8,10-11H2,1-3H3,(H3,18,19,20);1H. The van der Waals surface area contributed by atoms with Crippen molar-refractivity contribution in [2.75, 3.05) is 6.54 Å². The molecule has 0 aliphatic carbocycles. The van der Waals surface area contributed by atoms with Crippen LogP contribution in [0.3, 0.4) is 0 Å². The van der Waals surface area contributed by atoms with Crippen LogP contribution in [0.2, 0.25) is 0 Å². The molecular weight excluding hydrogens is 415 g/mol. The number of guanidine groups is 1. The highest BCUT2D eigenvalue weighted by molar-refractivity contribution is 14.0. The molecule has 2 rings (SSSR count). The molecule has 7 heteroatoms. The van der Waals surface area contributed by atoms with Gasteiger partial charge in [0.1, 0.15) is 5.82 Å². The van der Waals surface area contributed by atoms with Crippen LogP contribution in [-0.2, 0) is 6.42 Å². The summed E-state index contributed by atoms with van der Waals surface area (Å²) in [5, 5.41) is 11.6. The third-order valence-electron chi connectivity index (χ3n) is 3.81. The molecule has 2 aromatic rings. The number of hydrogen-bond donors (Lipinski definition) is 2. The first-order chi connectivity index (χ1) is 11.1. The van der Waals surface area contributed by atoms with Crippen LogP contribution < -0.4 is 11.1 Å². The van der Waals surface area contributed by atoms with E-state index >= 15 is 0 Å². The van der Waals surface area contributed by atoms with E-state index in [1.165, 1.54) is 12.8 Å². The lowest BCUT2D eigenvalue weighted by atomic mass is 10.0. The number of nitrogens with two attached hydrogens (primary N) is 1. The maximum absolute atomic E-state index is 5.95. The molecule has 0 fully saturated rings. The second kappa shape index (κ2) is 10.5. The van der Waals surface area contributed by atoms with E-state index in [4.69, 9.17) is 5.73 Å². The van der Waals surface area contributed by atoms with Crippen LogP contribution in [0, 0.1) is 5.92 Å². The van der Waals surface area contributed by atoms with Gasteiger partial charge in [0.05, 0.1) is 0 Å². The van der Waals surface area contributed by atoms with Crippen LogP contribution in [0.4, 0.5) is 0 Å². The van der Waals surface area contributed by atoms with Crippen molar-refractivity contribution in [2.24, 2.45) is 16.6 Å². The molecule has 0 aromatic carbocycles. The molecule has 0 radical (unpaired) electrons. The molecule has 0 bridgehead atoms. The molecule has 6 nitrogen and oxygen atoms in total. The van der Waals surface area contributed by atoms with Crippen LogP contribution in [0.5, 0.6) is 0 Å². The van der Waals surface area contributed by atoms with Gasteiger partial charge in [-0.3, -0.25) is 9.39 Å². The second-order valence-corrected chi connectivity index (χ2v) is 6.43. The number of aliphatic imine (C=N–C) groups is 1. The molecule has 3 N–H and O–H groups in total. The highest BCUT2D eigenvalue weighted by atomic mass is 127. The lowest BCUT2D eigenvalue weighted by molar-refractivity contribution is 0.493. The van der Waals surface area contributed by atoms with Crippen LogP contribution in [-0.4, -0.2) is 33.1 Å². The Balaban J connectivity index is 0.00000288. The van der Waals surface area contributed by atoms with Crippen molar-refractivity contribution in [2.45, 2.75) is 52.5 Å². The maximum Gasteiger partial charge on any atom is 0.188 e. The van der Waals surface area contributed by atoms with Gasteiger partial charge in [-0.05, 0) is 31.4 Å². The Kier molecular flexibility index (Phi) is 9.02. The summed E-state index contributed by atoms with van der Waals surface area (Å²) in [6, 6.07) is 6.22. The van der Waals surface area contributed by atoms with E-state index in [-0.39, 0.29) is 24.0 Å². The van der Waals surface area contributed by atoms with E-state index in [0.717, 1.165) is 30.2 Å². The Bertz CT molecular complexity index is 637. The Morgan fingerprint density at radius 2 is 2.04 bits per heavy atom. The maximum atomic E-state index is 5.95. The molecule has 0 aliphatic rings. The molecule has 1 atom stereocenters. The summed E-state index contributed by atoms with van der Waals surface area (Å²) < 4.78 is 1.98. The number of nitrogens with zero attached hydrogens (tertiary/aromatic N) is 4. The van der Waals surface area contributed by atoms with Gasteiger partial charge >= 0.3 is 0 Å². The summed E-state index contributed by atoms with van der Waals surface area (Å²) in [7, 11) is 0. The lowest BCUT2D eigenvalue weighted by Crippen LogP contribution is -2.38. The number of pyridine rings is 1. The third-order valence-corrected chi connectivity index (χ3v) is 3.81. The molecule has 0 saturated heterocycles. The Morgan fingerprint density at radius 1 is 1.25 bits per heavy atom. The zero-order valence-corrected chi connectivity index (χ0v) is 17.1. The minimum atomic E-state index is 0. The van der Waals surface area contributed by atoms with Crippen molar-refractivity contribution in [3.63, 3.8) is 0 Å². The van der Waals surface area contributed by atoms with Gasteiger partial charge in [-0.25, -0.2) is 0 Å². The zero-order valence-electron chi connectivity index (χ0n) is 14.8. The van der Waals surface area contributed by atoms with Gasteiger partial charge in [0.2, 0.25) is 0 Å². The average Bonchev–Trinajstić information content (AvgIpc) is 2.90. The fraction of sp³-hybridized carbons (Fsp3) is 0.588. The minimum Gasteiger partial charge on any atom is -0.370 e. The Hall–Kier alpha value is -1.38. The number of rotatable bonds is 8. The predicted molar refractivity (Wildman–Crippen MR) is 110 cm³/mol. The van der Waals surface area contributed by atoms with Crippen molar-refractivity contribution >= 4 is 35.6 Å². The normalized spacial score (nSPS) is 13.1. The summed E-state index contributed by atoms with van der Waals surface area (Å²) in [5.74, 6) is 2.17. The first kappa shape index (κ1) is 20.7. The molecule has 0 amide bonds. The largest absolute Gasteiger partial charge is 0.370 e. The first-order valence-electron chi connectivity index (χ1n) is 8.41. The van der Waals surface area contributed by atoms with Crippen molar-refractivity contribution in [3.05, 3.63) is 30.2 Å². The smallest absolute Gasteiger partial charge is 0.188 e. The predicted octanol–water partition coefficient (Wildman–Crippen LogP) is 3.01. The summed E-state index contributed by atoms with van der Waals surface area (Å²) in [5.41, 5.74) is 6.81. The van der Waals surface area contributed by atoms with Gasteiger partial charge in [-0.15, -0.1) is 34.2 Å².